The predicted molar refractivity (Wildman–Crippen MR) is 115 cm³/mol. The molecule has 9 nitrogen and oxygen atoms in total. The van der Waals surface area contributed by atoms with Gasteiger partial charge in [-0.15, -0.1) is 0 Å². The number of aliphatic hydroxyl groups is 1. The summed E-state index contributed by atoms with van der Waals surface area (Å²) in [6, 6.07) is 14.9. The van der Waals surface area contributed by atoms with E-state index in [1.165, 1.54) is 0 Å². The minimum absolute atomic E-state index is 0.0332. The lowest BCUT2D eigenvalue weighted by Gasteiger charge is -2.15. The number of hydrogen-bond acceptors (Lipinski definition) is 6. The van der Waals surface area contributed by atoms with Crippen molar-refractivity contribution in [1.29, 1.82) is 0 Å². The molecule has 1 aliphatic carbocycles. The molecule has 0 bridgehead atoms. The number of carbonyl (C=O) groups is 3. The fraction of sp³-hybridized carbons (Fsp3) is 0.348. The van der Waals surface area contributed by atoms with Crippen molar-refractivity contribution < 1.29 is 34.1 Å². The van der Waals surface area contributed by atoms with Gasteiger partial charge in [-0.05, 0) is 22.3 Å². The van der Waals surface area contributed by atoms with Crippen LogP contribution in [0.3, 0.4) is 0 Å². The molecule has 3 rings (SSSR count). The number of rotatable bonds is 11. The molecule has 0 saturated carbocycles. The number of alkyl carbamates (subject to hydrolysis) is 1. The van der Waals surface area contributed by atoms with Crippen LogP contribution in [0.1, 0.15) is 23.5 Å². The first-order valence-electron chi connectivity index (χ1n) is 10.3. The monoisotopic (exact) mass is 442 g/mol. The van der Waals surface area contributed by atoms with Gasteiger partial charge < -0.3 is 30.3 Å². The first-order chi connectivity index (χ1) is 15.5. The molecule has 0 unspecified atom stereocenters. The molecule has 0 radical (unpaired) electrons. The lowest BCUT2D eigenvalue weighted by molar-refractivity contribution is -0.143. The molecule has 2 aromatic carbocycles. The number of carboxylic acid groups (broad SMARTS) is 1. The van der Waals surface area contributed by atoms with Crippen LogP contribution >= 0.6 is 0 Å². The number of hydrogen-bond donors (Lipinski definition) is 4. The van der Waals surface area contributed by atoms with Gasteiger partial charge in [0.1, 0.15) is 19.3 Å². The topological polar surface area (TPSA) is 134 Å². The fourth-order valence-corrected chi connectivity index (χ4v) is 3.66. The van der Waals surface area contributed by atoms with Crippen LogP contribution in [-0.2, 0) is 19.1 Å². The van der Waals surface area contributed by atoms with Gasteiger partial charge >= 0.3 is 12.1 Å². The zero-order valence-corrected chi connectivity index (χ0v) is 17.5. The Hall–Kier alpha value is -3.43. The van der Waals surface area contributed by atoms with Crippen molar-refractivity contribution in [3.05, 3.63) is 59.7 Å². The summed E-state index contributed by atoms with van der Waals surface area (Å²) in [6.45, 7) is -0.341. The summed E-state index contributed by atoms with van der Waals surface area (Å²) >= 11 is 0. The fourth-order valence-electron chi connectivity index (χ4n) is 3.66. The summed E-state index contributed by atoms with van der Waals surface area (Å²) in [6.07, 6.45) is -0.682. The van der Waals surface area contributed by atoms with Gasteiger partial charge in [0.15, 0.2) is 0 Å². The van der Waals surface area contributed by atoms with Gasteiger partial charge in [0.25, 0.3) is 0 Å². The molecule has 2 amide bonds. The summed E-state index contributed by atoms with van der Waals surface area (Å²) in [5.41, 5.74) is 4.54. The molecular formula is C23H26N2O7. The molecule has 32 heavy (non-hydrogen) atoms. The summed E-state index contributed by atoms with van der Waals surface area (Å²) in [5, 5.41) is 22.6. The van der Waals surface area contributed by atoms with E-state index in [2.05, 4.69) is 22.8 Å². The van der Waals surface area contributed by atoms with Crippen molar-refractivity contribution in [2.75, 3.05) is 33.0 Å². The maximum atomic E-state index is 12.1. The largest absolute Gasteiger partial charge is 0.480 e. The Morgan fingerprint density at radius 2 is 1.62 bits per heavy atom. The molecule has 4 N–H and O–H groups in total. The SMILES string of the molecule is O=C(COCCNC(=O)OCC1c2ccccc2-c2ccccc21)N[C@H](CCO)C(=O)O. The molecule has 0 aromatic heterocycles. The number of carbonyl (C=O) groups excluding carboxylic acids is 2. The number of fused-ring (bicyclic) bond motifs is 3. The standard InChI is InChI=1S/C23H26N2O7/c26-11-9-20(22(28)29)25-21(27)14-31-12-10-24-23(30)32-13-19-17-7-3-1-5-15(17)16-6-2-4-8-18(16)19/h1-8,19-20,26H,9-14H2,(H,24,30)(H,25,27)(H,28,29)/t20-/m1/s1. The van der Waals surface area contributed by atoms with E-state index in [0.29, 0.717) is 0 Å². The van der Waals surface area contributed by atoms with Crippen LogP contribution in [0.15, 0.2) is 48.5 Å². The van der Waals surface area contributed by atoms with Crippen molar-refractivity contribution in [2.45, 2.75) is 18.4 Å². The molecule has 1 atom stereocenters. The Kier molecular flexibility index (Phi) is 8.18. The molecule has 0 spiro atoms. The second kappa shape index (κ2) is 11.3. The molecule has 0 fully saturated rings. The smallest absolute Gasteiger partial charge is 0.407 e. The van der Waals surface area contributed by atoms with Gasteiger partial charge in [-0.1, -0.05) is 48.5 Å². The quantitative estimate of drug-likeness (QED) is 0.387. The van der Waals surface area contributed by atoms with E-state index in [-0.39, 0.29) is 45.3 Å². The number of benzene rings is 2. The van der Waals surface area contributed by atoms with E-state index in [1.807, 2.05) is 36.4 Å². The van der Waals surface area contributed by atoms with Crippen LogP contribution in [0.2, 0.25) is 0 Å². The Morgan fingerprint density at radius 1 is 1.00 bits per heavy atom. The second-order valence-corrected chi connectivity index (χ2v) is 7.28. The maximum absolute atomic E-state index is 12.1. The molecular weight excluding hydrogens is 416 g/mol. The van der Waals surface area contributed by atoms with Crippen LogP contribution in [0.5, 0.6) is 0 Å². The van der Waals surface area contributed by atoms with E-state index in [4.69, 9.17) is 19.7 Å². The van der Waals surface area contributed by atoms with Crippen LogP contribution in [-0.4, -0.2) is 67.2 Å². The van der Waals surface area contributed by atoms with Crippen LogP contribution in [0.25, 0.3) is 11.1 Å². The van der Waals surface area contributed by atoms with Crippen molar-refractivity contribution in [3.63, 3.8) is 0 Å². The lowest BCUT2D eigenvalue weighted by Crippen LogP contribution is -2.43. The zero-order valence-electron chi connectivity index (χ0n) is 17.5. The van der Waals surface area contributed by atoms with Crippen LogP contribution in [0, 0.1) is 0 Å². The third kappa shape index (κ3) is 5.83. The average Bonchev–Trinajstić information content (AvgIpc) is 3.11. The molecule has 2 aromatic rings. The minimum Gasteiger partial charge on any atom is -0.480 e. The van der Waals surface area contributed by atoms with E-state index in [0.717, 1.165) is 22.3 Å². The highest BCUT2D eigenvalue weighted by atomic mass is 16.5. The van der Waals surface area contributed by atoms with Crippen molar-refractivity contribution in [2.24, 2.45) is 0 Å². The summed E-state index contributed by atoms with van der Waals surface area (Å²) in [7, 11) is 0. The summed E-state index contributed by atoms with van der Waals surface area (Å²) < 4.78 is 10.5. The first-order valence-corrected chi connectivity index (χ1v) is 10.3. The number of nitrogens with one attached hydrogen (secondary N) is 2. The highest BCUT2D eigenvalue weighted by Gasteiger charge is 2.29. The highest BCUT2D eigenvalue weighted by molar-refractivity contribution is 5.84. The van der Waals surface area contributed by atoms with Gasteiger partial charge in [-0.25, -0.2) is 9.59 Å². The minimum atomic E-state index is -1.23. The number of carboxylic acids is 1. The van der Waals surface area contributed by atoms with Crippen LogP contribution in [0.4, 0.5) is 4.79 Å². The third-order valence-corrected chi connectivity index (χ3v) is 5.14. The van der Waals surface area contributed by atoms with Crippen LogP contribution < -0.4 is 10.6 Å². The Labute approximate surface area is 185 Å². The van der Waals surface area contributed by atoms with E-state index < -0.39 is 24.0 Å². The number of aliphatic hydroxyl groups excluding tert-OH is 1. The Morgan fingerprint density at radius 3 is 2.22 bits per heavy atom. The zero-order chi connectivity index (χ0) is 22.9. The van der Waals surface area contributed by atoms with Crippen molar-refractivity contribution in [3.8, 4) is 11.1 Å². The third-order valence-electron chi connectivity index (χ3n) is 5.14. The molecule has 0 aliphatic heterocycles. The van der Waals surface area contributed by atoms with E-state index >= 15 is 0 Å². The Bertz CT molecular complexity index is 917. The van der Waals surface area contributed by atoms with Gasteiger partial charge in [0, 0.05) is 25.5 Å². The van der Waals surface area contributed by atoms with Crippen molar-refractivity contribution in [1.82, 2.24) is 10.6 Å². The molecule has 0 saturated heterocycles. The van der Waals surface area contributed by atoms with Gasteiger partial charge in [0.05, 0.1) is 6.61 Å². The second-order valence-electron chi connectivity index (χ2n) is 7.28. The van der Waals surface area contributed by atoms with Gasteiger partial charge in [0.2, 0.25) is 5.91 Å². The van der Waals surface area contributed by atoms with Gasteiger partial charge in [-0.2, -0.15) is 0 Å². The lowest BCUT2D eigenvalue weighted by atomic mass is 9.98. The highest BCUT2D eigenvalue weighted by Crippen LogP contribution is 2.44. The normalized spacial score (nSPS) is 13.0. The summed E-state index contributed by atoms with van der Waals surface area (Å²) in [5.74, 6) is -1.88. The van der Waals surface area contributed by atoms with Gasteiger partial charge in [-0.3, -0.25) is 4.79 Å². The average molecular weight is 442 g/mol. The summed E-state index contributed by atoms with van der Waals surface area (Å²) in [4.78, 5) is 34.7. The maximum Gasteiger partial charge on any atom is 0.407 e. The predicted octanol–water partition coefficient (Wildman–Crippen LogP) is 1.49. The number of aliphatic carboxylic acids is 1. The molecule has 0 heterocycles. The molecule has 9 heteroatoms. The van der Waals surface area contributed by atoms with Crippen molar-refractivity contribution >= 4 is 18.0 Å². The number of ether oxygens (including phenoxy) is 2. The first kappa shape index (κ1) is 23.2. The molecule has 1 aliphatic rings. The van der Waals surface area contributed by atoms with E-state index in [1.54, 1.807) is 0 Å². The Balaban J connectivity index is 1.38. The number of amides is 2. The van der Waals surface area contributed by atoms with E-state index in [9.17, 15) is 14.4 Å². The molecule has 170 valence electrons.